The molecule has 1 N–H and O–H groups in total. The molecule has 2 rings (SSSR count). The molecule has 96 valence electrons. The molecule has 3 nitrogen and oxygen atoms in total. The van der Waals surface area contributed by atoms with Crippen LogP contribution in [0.15, 0.2) is 18.7 Å². The van der Waals surface area contributed by atoms with Crippen molar-refractivity contribution in [1.29, 1.82) is 0 Å². The molecule has 1 aromatic heterocycles. The maximum Gasteiger partial charge on any atom is 0.0945 e. The molecule has 0 saturated heterocycles. The molecule has 3 unspecified atom stereocenters. The fourth-order valence-corrected chi connectivity index (χ4v) is 2.84. The predicted molar refractivity (Wildman–Crippen MR) is 70.8 cm³/mol. The van der Waals surface area contributed by atoms with E-state index in [-0.39, 0.29) is 0 Å². The van der Waals surface area contributed by atoms with Gasteiger partial charge in [-0.3, -0.25) is 0 Å². The summed E-state index contributed by atoms with van der Waals surface area (Å²) in [6.07, 6.45) is 11.1. The fourth-order valence-electron chi connectivity index (χ4n) is 2.84. The van der Waals surface area contributed by atoms with E-state index >= 15 is 0 Å². The van der Waals surface area contributed by atoms with E-state index < -0.39 is 0 Å². The van der Waals surface area contributed by atoms with Crippen LogP contribution in [0.25, 0.3) is 0 Å². The third kappa shape index (κ3) is 3.56. The average Bonchev–Trinajstić information content (AvgIpc) is 2.83. The zero-order valence-electron chi connectivity index (χ0n) is 11.1. The van der Waals surface area contributed by atoms with Crippen molar-refractivity contribution in [2.24, 2.45) is 11.8 Å². The molecule has 1 fully saturated rings. The van der Waals surface area contributed by atoms with E-state index in [0.29, 0.717) is 0 Å². The number of hydrogen-bond acceptors (Lipinski definition) is 2. The molecule has 1 aromatic rings. The highest BCUT2D eigenvalue weighted by Gasteiger charge is 2.26. The first-order valence-electron chi connectivity index (χ1n) is 6.96. The van der Waals surface area contributed by atoms with Gasteiger partial charge in [-0.2, -0.15) is 0 Å². The van der Waals surface area contributed by atoms with Crippen molar-refractivity contribution in [2.75, 3.05) is 6.54 Å². The molecule has 0 aliphatic heterocycles. The lowest BCUT2D eigenvalue weighted by Crippen LogP contribution is -2.41. The van der Waals surface area contributed by atoms with Crippen molar-refractivity contribution in [3.63, 3.8) is 0 Å². The van der Waals surface area contributed by atoms with Crippen LogP contribution in [0.2, 0.25) is 0 Å². The van der Waals surface area contributed by atoms with Gasteiger partial charge in [0.15, 0.2) is 0 Å². The largest absolute Gasteiger partial charge is 0.337 e. The SMILES string of the molecule is CC1CCCC(NCCCn2ccnc2)C1C. The van der Waals surface area contributed by atoms with Crippen LogP contribution in [-0.2, 0) is 6.54 Å². The van der Waals surface area contributed by atoms with Gasteiger partial charge < -0.3 is 9.88 Å². The predicted octanol–water partition coefficient (Wildman–Crippen LogP) is 2.69. The van der Waals surface area contributed by atoms with E-state index in [1.165, 1.54) is 25.7 Å². The third-order valence-electron chi connectivity index (χ3n) is 4.27. The molecule has 1 aliphatic carbocycles. The number of nitrogens with zero attached hydrogens (tertiary/aromatic N) is 2. The standard InChI is InChI=1S/C14H25N3/c1-12-5-3-6-14(13(12)2)16-7-4-9-17-10-8-15-11-17/h8,10-14,16H,3-7,9H2,1-2H3. The van der Waals surface area contributed by atoms with Crippen LogP contribution in [0.1, 0.15) is 39.5 Å². The van der Waals surface area contributed by atoms with Gasteiger partial charge in [-0.15, -0.1) is 0 Å². The Labute approximate surface area is 105 Å². The number of aryl methyl sites for hydroxylation is 1. The second kappa shape index (κ2) is 6.20. The fraction of sp³-hybridized carbons (Fsp3) is 0.786. The molecular weight excluding hydrogens is 210 g/mol. The Balaban J connectivity index is 1.64. The Hall–Kier alpha value is -0.830. The lowest BCUT2D eigenvalue weighted by molar-refractivity contribution is 0.206. The number of imidazole rings is 1. The Morgan fingerprint density at radius 3 is 3.00 bits per heavy atom. The lowest BCUT2D eigenvalue weighted by atomic mass is 9.78. The van der Waals surface area contributed by atoms with Gasteiger partial charge in [0.2, 0.25) is 0 Å². The number of hydrogen-bond donors (Lipinski definition) is 1. The van der Waals surface area contributed by atoms with Crippen molar-refractivity contribution in [3.8, 4) is 0 Å². The normalized spacial score (nSPS) is 29.4. The van der Waals surface area contributed by atoms with Crippen molar-refractivity contribution in [1.82, 2.24) is 14.9 Å². The van der Waals surface area contributed by atoms with E-state index in [0.717, 1.165) is 31.0 Å². The molecule has 1 heterocycles. The molecule has 3 atom stereocenters. The number of aromatic nitrogens is 2. The van der Waals surface area contributed by atoms with Gasteiger partial charge in [-0.1, -0.05) is 26.7 Å². The summed E-state index contributed by atoms with van der Waals surface area (Å²) >= 11 is 0. The molecule has 0 amide bonds. The van der Waals surface area contributed by atoms with Crippen LogP contribution in [0, 0.1) is 11.8 Å². The highest BCUT2D eigenvalue weighted by atomic mass is 15.0. The first-order chi connectivity index (χ1) is 8.27. The van der Waals surface area contributed by atoms with Crippen LogP contribution in [0.4, 0.5) is 0 Å². The molecule has 0 bridgehead atoms. The van der Waals surface area contributed by atoms with Crippen molar-refractivity contribution < 1.29 is 0 Å². The second-order valence-electron chi connectivity index (χ2n) is 5.48. The third-order valence-corrected chi connectivity index (χ3v) is 4.27. The van der Waals surface area contributed by atoms with Gasteiger partial charge in [0.25, 0.3) is 0 Å². The Morgan fingerprint density at radius 1 is 1.35 bits per heavy atom. The van der Waals surface area contributed by atoms with Gasteiger partial charge in [0, 0.05) is 25.0 Å². The lowest BCUT2D eigenvalue weighted by Gasteiger charge is -2.34. The second-order valence-corrected chi connectivity index (χ2v) is 5.48. The molecule has 3 heteroatoms. The van der Waals surface area contributed by atoms with E-state index in [2.05, 4.69) is 28.7 Å². The monoisotopic (exact) mass is 235 g/mol. The smallest absolute Gasteiger partial charge is 0.0945 e. The maximum absolute atomic E-state index is 4.06. The van der Waals surface area contributed by atoms with Crippen LogP contribution >= 0.6 is 0 Å². The first-order valence-corrected chi connectivity index (χ1v) is 6.96. The van der Waals surface area contributed by atoms with Crippen LogP contribution in [0.5, 0.6) is 0 Å². The summed E-state index contributed by atoms with van der Waals surface area (Å²) in [4.78, 5) is 4.06. The topological polar surface area (TPSA) is 29.9 Å². The molecule has 1 saturated carbocycles. The summed E-state index contributed by atoms with van der Waals surface area (Å²) in [6.45, 7) is 6.99. The van der Waals surface area contributed by atoms with Gasteiger partial charge >= 0.3 is 0 Å². The van der Waals surface area contributed by atoms with Gasteiger partial charge in [0.05, 0.1) is 6.33 Å². The Bertz CT molecular complexity index is 307. The minimum Gasteiger partial charge on any atom is -0.337 e. The van der Waals surface area contributed by atoms with Gasteiger partial charge in [-0.25, -0.2) is 4.98 Å². The van der Waals surface area contributed by atoms with Gasteiger partial charge in [0.1, 0.15) is 0 Å². The van der Waals surface area contributed by atoms with Gasteiger partial charge in [-0.05, 0) is 31.2 Å². The summed E-state index contributed by atoms with van der Waals surface area (Å²) < 4.78 is 2.15. The molecule has 0 radical (unpaired) electrons. The summed E-state index contributed by atoms with van der Waals surface area (Å²) in [5.74, 6) is 1.71. The Kier molecular flexibility index (Phi) is 4.60. The van der Waals surface area contributed by atoms with Crippen molar-refractivity contribution >= 4 is 0 Å². The van der Waals surface area contributed by atoms with Crippen LogP contribution in [-0.4, -0.2) is 22.1 Å². The van der Waals surface area contributed by atoms with E-state index in [9.17, 15) is 0 Å². The highest BCUT2D eigenvalue weighted by molar-refractivity contribution is 4.82. The molecule has 0 aromatic carbocycles. The van der Waals surface area contributed by atoms with E-state index in [1.807, 2.05) is 18.7 Å². The van der Waals surface area contributed by atoms with E-state index in [1.54, 1.807) is 0 Å². The highest BCUT2D eigenvalue weighted by Crippen LogP contribution is 2.29. The van der Waals surface area contributed by atoms with Crippen molar-refractivity contribution in [2.45, 2.75) is 52.1 Å². The maximum atomic E-state index is 4.06. The summed E-state index contributed by atoms with van der Waals surface area (Å²) in [5, 5.41) is 3.73. The summed E-state index contributed by atoms with van der Waals surface area (Å²) in [6, 6.07) is 0.738. The average molecular weight is 235 g/mol. The molecule has 0 spiro atoms. The van der Waals surface area contributed by atoms with Crippen LogP contribution < -0.4 is 5.32 Å². The molecular formula is C14H25N3. The molecule has 1 aliphatic rings. The first kappa shape index (κ1) is 12.6. The summed E-state index contributed by atoms with van der Waals surface area (Å²) in [5.41, 5.74) is 0. The zero-order valence-corrected chi connectivity index (χ0v) is 11.1. The number of rotatable bonds is 5. The minimum absolute atomic E-state index is 0.738. The molecule has 17 heavy (non-hydrogen) atoms. The van der Waals surface area contributed by atoms with E-state index in [4.69, 9.17) is 0 Å². The minimum atomic E-state index is 0.738. The van der Waals surface area contributed by atoms with Crippen molar-refractivity contribution in [3.05, 3.63) is 18.7 Å². The zero-order chi connectivity index (χ0) is 12.1. The quantitative estimate of drug-likeness (QED) is 0.795. The number of nitrogens with one attached hydrogen (secondary N) is 1. The Morgan fingerprint density at radius 2 is 2.24 bits per heavy atom. The summed E-state index contributed by atoms with van der Waals surface area (Å²) in [7, 11) is 0. The van der Waals surface area contributed by atoms with Crippen LogP contribution in [0.3, 0.4) is 0 Å².